The third-order valence-electron chi connectivity index (χ3n) is 4.16. The van der Waals surface area contributed by atoms with Crippen LogP contribution in [0.5, 0.6) is 0 Å². The molecule has 0 saturated heterocycles. The Kier molecular flexibility index (Phi) is 7.72. The topological polar surface area (TPSA) is 9.23 Å². The van der Waals surface area contributed by atoms with E-state index in [4.69, 9.17) is 4.74 Å². The van der Waals surface area contributed by atoms with Gasteiger partial charge < -0.3 is 4.74 Å². The maximum atomic E-state index is 5.82. The van der Waals surface area contributed by atoms with Crippen LogP contribution in [0.15, 0.2) is 12.2 Å². The predicted molar refractivity (Wildman–Crippen MR) is 82.7 cm³/mol. The number of hydrogen-bond acceptors (Lipinski definition) is 1. The predicted octanol–water partition coefficient (Wildman–Crippen LogP) is 5.17. The van der Waals surface area contributed by atoms with Crippen LogP contribution in [0.1, 0.15) is 66.2 Å². The number of allylic oxidation sites excluding steroid dienone is 2. The molecule has 0 N–H and O–H groups in total. The Morgan fingerprint density at radius 2 is 2.11 bits per heavy atom. The summed E-state index contributed by atoms with van der Waals surface area (Å²) in [6.07, 6.45) is 14.7. The van der Waals surface area contributed by atoms with Gasteiger partial charge in [-0.2, -0.15) is 0 Å². The molecule has 0 aromatic carbocycles. The van der Waals surface area contributed by atoms with Crippen LogP contribution in [0.25, 0.3) is 0 Å². The van der Waals surface area contributed by atoms with E-state index in [0.717, 1.165) is 18.8 Å². The molecule has 1 aliphatic carbocycles. The van der Waals surface area contributed by atoms with E-state index in [2.05, 4.69) is 45.8 Å². The molecule has 0 heterocycles. The quantitative estimate of drug-likeness (QED) is 0.490. The van der Waals surface area contributed by atoms with Crippen LogP contribution >= 0.6 is 0 Å². The van der Waals surface area contributed by atoms with Crippen molar-refractivity contribution in [1.29, 1.82) is 0 Å². The number of unbranched alkanes of at least 4 members (excludes halogenated alkanes) is 2. The lowest BCUT2D eigenvalue weighted by Crippen LogP contribution is -2.33. The molecule has 0 spiro atoms. The van der Waals surface area contributed by atoms with E-state index in [1.807, 2.05) is 6.08 Å². The van der Waals surface area contributed by atoms with Crippen LogP contribution in [0.2, 0.25) is 0 Å². The average Bonchev–Trinajstić information content (AvgIpc) is 2.37. The summed E-state index contributed by atoms with van der Waals surface area (Å²) in [5.74, 6) is 5.16. The van der Waals surface area contributed by atoms with Crippen LogP contribution in [-0.2, 0) is 4.74 Å². The third-order valence-corrected chi connectivity index (χ3v) is 4.16. The van der Waals surface area contributed by atoms with Crippen molar-refractivity contribution >= 4 is 0 Å². The van der Waals surface area contributed by atoms with Crippen molar-refractivity contribution in [1.82, 2.24) is 0 Å². The lowest BCUT2D eigenvalue weighted by Gasteiger charge is -2.35. The van der Waals surface area contributed by atoms with Crippen LogP contribution < -0.4 is 0 Å². The van der Waals surface area contributed by atoms with Gasteiger partial charge in [0.25, 0.3) is 0 Å². The fourth-order valence-corrected chi connectivity index (χ4v) is 2.86. The first kappa shape index (κ1) is 16.2. The normalized spacial score (nSPS) is 27.3. The highest BCUT2D eigenvalue weighted by Gasteiger charge is 2.31. The fraction of sp³-hybridized carbons (Fsp3) is 0.778. The second-order valence-electron chi connectivity index (χ2n) is 6.27. The molecule has 0 aliphatic heterocycles. The summed E-state index contributed by atoms with van der Waals surface area (Å²) < 4.78 is 5.82. The lowest BCUT2D eigenvalue weighted by molar-refractivity contribution is 0.0252. The van der Waals surface area contributed by atoms with E-state index < -0.39 is 0 Å². The lowest BCUT2D eigenvalue weighted by atomic mass is 9.75. The van der Waals surface area contributed by atoms with Crippen LogP contribution in [0.3, 0.4) is 0 Å². The molecule has 1 saturated carbocycles. The van der Waals surface area contributed by atoms with Crippen molar-refractivity contribution in [2.45, 2.75) is 72.3 Å². The number of rotatable bonds is 5. The van der Waals surface area contributed by atoms with Gasteiger partial charge in [0.15, 0.2) is 0 Å². The molecule has 0 bridgehead atoms. The Morgan fingerprint density at radius 3 is 2.79 bits per heavy atom. The van der Waals surface area contributed by atoms with E-state index in [-0.39, 0.29) is 0 Å². The van der Waals surface area contributed by atoms with Gasteiger partial charge >= 0.3 is 0 Å². The molecule has 0 radical (unpaired) electrons. The Hall–Kier alpha value is -0.900. The SMILES string of the molecule is CCCC/C=C\C#CO[C@H]1C[C@@H](C)CC[C@@H]1C(C)C. The molecule has 1 rings (SSSR count). The zero-order valence-electron chi connectivity index (χ0n) is 13.1. The largest absolute Gasteiger partial charge is 0.443 e. The third kappa shape index (κ3) is 6.19. The summed E-state index contributed by atoms with van der Waals surface area (Å²) in [5, 5.41) is 0. The molecule has 108 valence electrons. The molecule has 0 aromatic heterocycles. The second kappa shape index (κ2) is 9.08. The number of hydrogen-bond donors (Lipinski definition) is 0. The summed E-state index contributed by atoms with van der Waals surface area (Å²) in [5.41, 5.74) is 0. The molecule has 0 unspecified atom stereocenters. The van der Waals surface area contributed by atoms with Gasteiger partial charge in [0.2, 0.25) is 0 Å². The minimum absolute atomic E-state index is 0.334. The smallest absolute Gasteiger partial charge is 0.115 e. The summed E-state index contributed by atoms with van der Waals surface area (Å²) in [4.78, 5) is 0. The van der Waals surface area contributed by atoms with Gasteiger partial charge in [-0.25, -0.2) is 0 Å². The molecule has 1 heteroatoms. The van der Waals surface area contributed by atoms with Crippen molar-refractivity contribution in [3.63, 3.8) is 0 Å². The van der Waals surface area contributed by atoms with E-state index in [9.17, 15) is 0 Å². The summed E-state index contributed by atoms with van der Waals surface area (Å²) in [6, 6.07) is 0. The summed E-state index contributed by atoms with van der Waals surface area (Å²) in [7, 11) is 0. The standard InChI is InChI=1S/C18H30O/c1-5-6-7-8-9-10-13-19-18-14-16(4)11-12-17(18)15(2)3/h8-9,15-18H,5-7,11-12,14H2,1-4H3/b9-8-/t16-,17+,18-/m0/s1. The highest BCUT2D eigenvalue weighted by Crippen LogP contribution is 2.35. The molecular weight excluding hydrogens is 232 g/mol. The maximum absolute atomic E-state index is 5.82. The zero-order chi connectivity index (χ0) is 14.1. The van der Waals surface area contributed by atoms with E-state index >= 15 is 0 Å². The molecule has 0 aromatic rings. The molecular formula is C18H30O. The van der Waals surface area contributed by atoms with Crippen molar-refractivity contribution < 1.29 is 4.74 Å². The second-order valence-corrected chi connectivity index (χ2v) is 6.27. The van der Waals surface area contributed by atoms with Crippen molar-refractivity contribution in [2.24, 2.45) is 17.8 Å². The molecule has 1 aliphatic rings. The van der Waals surface area contributed by atoms with Gasteiger partial charge in [0.05, 0.1) is 0 Å². The first-order chi connectivity index (χ1) is 9.15. The van der Waals surface area contributed by atoms with Crippen LogP contribution in [0.4, 0.5) is 0 Å². The monoisotopic (exact) mass is 262 g/mol. The molecule has 1 fully saturated rings. The van der Waals surface area contributed by atoms with Crippen LogP contribution in [-0.4, -0.2) is 6.10 Å². The maximum Gasteiger partial charge on any atom is 0.115 e. The highest BCUT2D eigenvalue weighted by molar-refractivity contribution is 5.12. The van der Waals surface area contributed by atoms with Gasteiger partial charge in [-0.05, 0) is 49.0 Å². The first-order valence-electron chi connectivity index (χ1n) is 7.96. The first-order valence-corrected chi connectivity index (χ1v) is 7.96. The summed E-state index contributed by atoms with van der Waals surface area (Å²) >= 11 is 0. The van der Waals surface area contributed by atoms with Gasteiger partial charge in [-0.1, -0.05) is 53.0 Å². The summed E-state index contributed by atoms with van der Waals surface area (Å²) in [6.45, 7) is 9.13. The Morgan fingerprint density at radius 1 is 1.32 bits per heavy atom. The number of ether oxygens (including phenoxy) is 1. The van der Waals surface area contributed by atoms with Crippen molar-refractivity contribution in [3.05, 3.63) is 12.2 Å². The van der Waals surface area contributed by atoms with Crippen molar-refractivity contribution in [3.8, 4) is 12.0 Å². The van der Waals surface area contributed by atoms with Crippen LogP contribution in [0, 0.1) is 29.8 Å². The van der Waals surface area contributed by atoms with Gasteiger partial charge in [0, 0.05) is 0 Å². The van der Waals surface area contributed by atoms with E-state index in [0.29, 0.717) is 17.9 Å². The molecule has 19 heavy (non-hydrogen) atoms. The Bertz CT molecular complexity index is 318. The van der Waals surface area contributed by atoms with Gasteiger partial charge in [0.1, 0.15) is 12.2 Å². The van der Waals surface area contributed by atoms with Gasteiger partial charge in [-0.15, -0.1) is 0 Å². The molecule has 1 nitrogen and oxygen atoms in total. The highest BCUT2D eigenvalue weighted by atomic mass is 16.5. The van der Waals surface area contributed by atoms with E-state index in [1.54, 1.807) is 0 Å². The zero-order valence-corrected chi connectivity index (χ0v) is 13.1. The minimum atomic E-state index is 0.334. The average molecular weight is 262 g/mol. The Balaban J connectivity index is 2.40. The molecule has 0 amide bonds. The fourth-order valence-electron chi connectivity index (χ4n) is 2.86. The molecule has 3 atom stereocenters. The Labute approximate surface area is 119 Å². The minimum Gasteiger partial charge on any atom is -0.443 e. The van der Waals surface area contributed by atoms with E-state index in [1.165, 1.54) is 25.7 Å². The van der Waals surface area contributed by atoms with Crippen molar-refractivity contribution in [2.75, 3.05) is 0 Å². The van der Waals surface area contributed by atoms with Gasteiger partial charge in [-0.3, -0.25) is 0 Å².